The Morgan fingerprint density at radius 1 is 1.25 bits per heavy atom. The predicted molar refractivity (Wildman–Crippen MR) is 86.7 cm³/mol. The topological polar surface area (TPSA) is 72.7 Å². The number of nitro benzene ring substituents is 1. The van der Waals surface area contributed by atoms with Crippen LogP contribution in [0.25, 0.3) is 0 Å². The van der Waals surface area contributed by atoms with Gasteiger partial charge in [-0.3, -0.25) is 14.9 Å². The van der Waals surface area contributed by atoms with Crippen LogP contribution in [0.4, 0.5) is 10.1 Å². The zero-order chi connectivity index (χ0) is 17.7. The molecule has 0 spiro atoms. The minimum absolute atomic E-state index is 0.0863. The Kier molecular flexibility index (Phi) is 5.47. The van der Waals surface area contributed by atoms with Crippen LogP contribution in [0, 0.1) is 22.9 Å². The maximum atomic E-state index is 12.8. The second-order valence-corrected chi connectivity index (χ2v) is 5.24. The van der Waals surface area contributed by atoms with Crippen molar-refractivity contribution >= 4 is 11.6 Å². The smallest absolute Gasteiger partial charge is 0.273 e. The first kappa shape index (κ1) is 17.4. The first-order valence-electron chi connectivity index (χ1n) is 7.28. The van der Waals surface area contributed by atoms with E-state index in [0.717, 1.165) is 0 Å². The van der Waals surface area contributed by atoms with Crippen molar-refractivity contribution in [3.63, 3.8) is 0 Å². The van der Waals surface area contributed by atoms with E-state index in [2.05, 4.69) is 0 Å². The van der Waals surface area contributed by atoms with Gasteiger partial charge in [0.05, 0.1) is 11.5 Å². The normalized spacial score (nSPS) is 10.3. The molecule has 126 valence electrons. The number of likely N-dealkylation sites (N-methyl/N-ethyl adjacent to an activating group) is 1. The van der Waals surface area contributed by atoms with Crippen LogP contribution in [0.15, 0.2) is 42.5 Å². The van der Waals surface area contributed by atoms with Gasteiger partial charge in [-0.1, -0.05) is 6.07 Å². The predicted octanol–water partition coefficient (Wildman–Crippen LogP) is 3.19. The SMILES string of the molecule is Cc1c(C(=O)N(C)CCOc2ccc(F)cc2)cccc1[N+](=O)[O-]. The molecule has 7 heteroatoms. The van der Waals surface area contributed by atoms with Gasteiger partial charge in [0.2, 0.25) is 0 Å². The number of nitro groups is 1. The summed E-state index contributed by atoms with van der Waals surface area (Å²) < 4.78 is 18.2. The number of ether oxygens (including phenoxy) is 1. The van der Waals surface area contributed by atoms with Crippen molar-refractivity contribution in [1.82, 2.24) is 4.90 Å². The zero-order valence-electron chi connectivity index (χ0n) is 13.4. The van der Waals surface area contributed by atoms with E-state index in [1.54, 1.807) is 20.0 Å². The lowest BCUT2D eigenvalue weighted by Crippen LogP contribution is -2.31. The van der Waals surface area contributed by atoms with Crippen LogP contribution in [-0.4, -0.2) is 35.9 Å². The molecule has 0 fully saturated rings. The van der Waals surface area contributed by atoms with E-state index in [-0.39, 0.29) is 29.6 Å². The van der Waals surface area contributed by atoms with Gasteiger partial charge in [0.25, 0.3) is 11.6 Å². The number of carbonyl (C=O) groups excluding carboxylic acids is 1. The summed E-state index contributed by atoms with van der Waals surface area (Å²) in [6, 6.07) is 9.99. The fourth-order valence-corrected chi connectivity index (χ4v) is 2.19. The molecule has 0 saturated carbocycles. The monoisotopic (exact) mass is 332 g/mol. The van der Waals surface area contributed by atoms with Crippen LogP contribution in [0.5, 0.6) is 5.75 Å². The number of benzene rings is 2. The molecular weight excluding hydrogens is 315 g/mol. The average molecular weight is 332 g/mol. The fourth-order valence-electron chi connectivity index (χ4n) is 2.19. The molecule has 0 unspecified atom stereocenters. The number of rotatable bonds is 6. The van der Waals surface area contributed by atoms with E-state index >= 15 is 0 Å². The highest BCUT2D eigenvalue weighted by atomic mass is 19.1. The third-order valence-corrected chi connectivity index (χ3v) is 3.59. The van der Waals surface area contributed by atoms with E-state index < -0.39 is 4.92 Å². The maximum Gasteiger partial charge on any atom is 0.273 e. The summed E-state index contributed by atoms with van der Waals surface area (Å²) in [5, 5.41) is 11.0. The zero-order valence-corrected chi connectivity index (χ0v) is 13.4. The lowest BCUT2D eigenvalue weighted by Gasteiger charge is -2.18. The van der Waals surface area contributed by atoms with Crippen LogP contribution in [0.3, 0.4) is 0 Å². The Morgan fingerprint density at radius 2 is 1.92 bits per heavy atom. The van der Waals surface area contributed by atoms with Gasteiger partial charge in [0.1, 0.15) is 18.2 Å². The van der Waals surface area contributed by atoms with Crippen molar-refractivity contribution in [2.45, 2.75) is 6.92 Å². The lowest BCUT2D eigenvalue weighted by molar-refractivity contribution is -0.385. The highest BCUT2D eigenvalue weighted by Gasteiger charge is 2.20. The lowest BCUT2D eigenvalue weighted by atomic mass is 10.1. The van der Waals surface area contributed by atoms with Gasteiger partial charge in [-0.05, 0) is 37.3 Å². The standard InChI is InChI=1S/C17H17FN2O4/c1-12-15(4-3-5-16(12)20(22)23)17(21)19(2)10-11-24-14-8-6-13(18)7-9-14/h3-9H,10-11H2,1-2H3. The molecule has 0 radical (unpaired) electrons. The van der Waals surface area contributed by atoms with Gasteiger partial charge < -0.3 is 9.64 Å². The molecule has 2 aromatic rings. The van der Waals surface area contributed by atoms with Gasteiger partial charge >= 0.3 is 0 Å². The molecule has 0 aliphatic carbocycles. The second kappa shape index (κ2) is 7.54. The highest BCUT2D eigenvalue weighted by molar-refractivity contribution is 5.96. The summed E-state index contributed by atoms with van der Waals surface area (Å²) in [6.45, 7) is 2.06. The van der Waals surface area contributed by atoms with Crippen molar-refractivity contribution < 1.29 is 18.8 Å². The molecule has 0 N–H and O–H groups in total. The van der Waals surface area contributed by atoms with Gasteiger partial charge in [-0.2, -0.15) is 0 Å². The Bertz CT molecular complexity index is 747. The average Bonchev–Trinajstić information content (AvgIpc) is 2.56. The van der Waals surface area contributed by atoms with Gasteiger partial charge in [-0.25, -0.2) is 4.39 Å². The van der Waals surface area contributed by atoms with Crippen LogP contribution in [-0.2, 0) is 0 Å². The molecule has 0 aliphatic heterocycles. The Balaban J connectivity index is 1.98. The summed E-state index contributed by atoms with van der Waals surface area (Å²) in [4.78, 5) is 24.3. The Labute approximate surface area is 138 Å². The molecule has 1 amide bonds. The molecule has 2 aromatic carbocycles. The Morgan fingerprint density at radius 3 is 2.54 bits per heavy atom. The number of nitrogens with zero attached hydrogens (tertiary/aromatic N) is 2. The summed E-state index contributed by atoms with van der Waals surface area (Å²) in [5.74, 6) is -0.168. The van der Waals surface area contributed by atoms with Gasteiger partial charge in [0, 0.05) is 24.2 Å². The molecular formula is C17H17FN2O4. The van der Waals surface area contributed by atoms with Crippen LogP contribution >= 0.6 is 0 Å². The molecule has 0 atom stereocenters. The quantitative estimate of drug-likeness (QED) is 0.601. The molecule has 0 saturated heterocycles. The van der Waals surface area contributed by atoms with E-state index in [0.29, 0.717) is 17.9 Å². The van der Waals surface area contributed by atoms with Gasteiger partial charge in [0.15, 0.2) is 0 Å². The third kappa shape index (κ3) is 4.07. The fraction of sp³-hybridized carbons (Fsp3) is 0.235. The van der Waals surface area contributed by atoms with Crippen LogP contribution in [0.1, 0.15) is 15.9 Å². The molecule has 24 heavy (non-hydrogen) atoms. The van der Waals surface area contributed by atoms with E-state index in [4.69, 9.17) is 4.74 Å². The number of hydrogen-bond acceptors (Lipinski definition) is 4. The number of amides is 1. The van der Waals surface area contributed by atoms with E-state index in [9.17, 15) is 19.3 Å². The van der Waals surface area contributed by atoms with Crippen molar-refractivity contribution in [1.29, 1.82) is 0 Å². The van der Waals surface area contributed by atoms with Crippen LogP contribution < -0.4 is 4.74 Å². The van der Waals surface area contributed by atoms with E-state index in [1.165, 1.54) is 41.3 Å². The minimum Gasteiger partial charge on any atom is -0.492 e. The van der Waals surface area contributed by atoms with Crippen LogP contribution in [0.2, 0.25) is 0 Å². The summed E-state index contributed by atoms with van der Waals surface area (Å²) in [6.07, 6.45) is 0. The summed E-state index contributed by atoms with van der Waals surface area (Å²) >= 11 is 0. The van der Waals surface area contributed by atoms with Crippen molar-refractivity contribution in [3.05, 3.63) is 69.5 Å². The first-order valence-corrected chi connectivity index (χ1v) is 7.28. The number of carbonyl (C=O) groups is 1. The largest absolute Gasteiger partial charge is 0.492 e. The summed E-state index contributed by atoms with van der Waals surface area (Å²) in [7, 11) is 1.59. The number of hydrogen-bond donors (Lipinski definition) is 0. The first-order chi connectivity index (χ1) is 11.4. The minimum atomic E-state index is -0.510. The Hall–Kier alpha value is -2.96. The third-order valence-electron chi connectivity index (χ3n) is 3.59. The highest BCUT2D eigenvalue weighted by Crippen LogP contribution is 2.22. The van der Waals surface area contributed by atoms with Crippen molar-refractivity contribution in [2.75, 3.05) is 20.2 Å². The molecule has 2 rings (SSSR count). The number of halogens is 1. The second-order valence-electron chi connectivity index (χ2n) is 5.24. The van der Waals surface area contributed by atoms with E-state index in [1.807, 2.05) is 0 Å². The van der Waals surface area contributed by atoms with Crippen molar-refractivity contribution in [3.8, 4) is 5.75 Å². The van der Waals surface area contributed by atoms with Gasteiger partial charge in [-0.15, -0.1) is 0 Å². The molecule has 0 heterocycles. The molecule has 0 aromatic heterocycles. The maximum absolute atomic E-state index is 12.8. The molecule has 0 bridgehead atoms. The van der Waals surface area contributed by atoms with Crippen molar-refractivity contribution in [2.24, 2.45) is 0 Å². The molecule has 6 nitrogen and oxygen atoms in total. The summed E-state index contributed by atoms with van der Waals surface area (Å²) in [5.41, 5.74) is 0.532. The molecule has 0 aliphatic rings.